The summed E-state index contributed by atoms with van der Waals surface area (Å²) in [7, 11) is 0. The van der Waals surface area contributed by atoms with Crippen LogP contribution in [0.3, 0.4) is 0 Å². The molecular weight excluding hydrogens is 234 g/mol. The summed E-state index contributed by atoms with van der Waals surface area (Å²) >= 11 is 0. The van der Waals surface area contributed by atoms with E-state index in [4.69, 9.17) is 0 Å². The van der Waals surface area contributed by atoms with Gasteiger partial charge in [-0.15, -0.1) is 0 Å². The van der Waals surface area contributed by atoms with Gasteiger partial charge in [0.1, 0.15) is 6.04 Å². The van der Waals surface area contributed by atoms with Crippen molar-refractivity contribution in [2.75, 3.05) is 0 Å². The molecule has 0 amide bonds. The number of nitriles is 1. The topological polar surface area (TPSA) is 39.1 Å². The third kappa shape index (κ3) is 3.79. The maximum Gasteiger partial charge on any atom is 0.112 e. The average Bonchev–Trinajstić information content (AvgIpc) is 2.43. The van der Waals surface area contributed by atoms with Gasteiger partial charge in [0, 0.05) is 18.5 Å². The van der Waals surface area contributed by atoms with Crippen LogP contribution in [0.25, 0.3) is 0 Å². The molecule has 1 fully saturated rings. The normalized spacial score (nSPS) is 25.7. The van der Waals surface area contributed by atoms with Crippen LogP contribution < -0.4 is 5.43 Å². The van der Waals surface area contributed by atoms with E-state index in [1.165, 1.54) is 24.8 Å². The Hall–Kier alpha value is -1.37. The Labute approximate surface area is 116 Å². The highest BCUT2D eigenvalue weighted by Crippen LogP contribution is 2.20. The minimum atomic E-state index is -0.148. The van der Waals surface area contributed by atoms with Gasteiger partial charge in [0.05, 0.1) is 6.07 Å². The highest BCUT2D eigenvalue weighted by molar-refractivity contribution is 5.17. The van der Waals surface area contributed by atoms with Crippen LogP contribution in [0.5, 0.6) is 0 Å². The van der Waals surface area contributed by atoms with E-state index in [1.54, 1.807) is 0 Å². The summed E-state index contributed by atoms with van der Waals surface area (Å²) in [6, 6.07) is 13.5. The fourth-order valence-electron chi connectivity index (χ4n) is 2.83. The second-order valence-electron chi connectivity index (χ2n) is 5.54. The first-order valence-corrected chi connectivity index (χ1v) is 7.18. The van der Waals surface area contributed by atoms with Crippen LogP contribution in [0, 0.1) is 11.3 Å². The van der Waals surface area contributed by atoms with Gasteiger partial charge in [-0.2, -0.15) is 5.26 Å². The number of nitrogens with one attached hydrogen (secondary N) is 1. The molecule has 0 aliphatic carbocycles. The molecule has 1 N–H and O–H groups in total. The van der Waals surface area contributed by atoms with E-state index in [0.717, 1.165) is 6.42 Å². The fraction of sp³-hybridized carbons (Fsp3) is 0.562. The zero-order valence-corrected chi connectivity index (χ0v) is 11.8. The molecule has 1 aliphatic rings. The Morgan fingerprint density at radius 1 is 1.26 bits per heavy atom. The monoisotopic (exact) mass is 257 g/mol. The molecule has 102 valence electrons. The number of rotatable bonds is 4. The summed E-state index contributed by atoms with van der Waals surface area (Å²) < 4.78 is 0. The Bertz CT molecular complexity index is 413. The third-order valence-corrected chi connectivity index (χ3v) is 3.94. The summed E-state index contributed by atoms with van der Waals surface area (Å²) in [4.78, 5) is 0. The molecule has 0 saturated carbocycles. The Balaban J connectivity index is 1.97. The van der Waals surface area contributed by atoms with Gasteiger partial charge in [0.2, 0.25) is 0 Å². The smallest absolute Gasteiger partial charge is 0.112 e. The molecule has 3 heteroatoms. The SMILES string of the molecule is CC1CCCC(C)N1NC(C#N)Cc1ccccc1. The van der Waals surface area contributed by atoms with E-state index in [0.29, 0.717) is 12.1 Å². The summed E-state index contributed by atoms with van der Waals surface area (Å²) in [6.45, 7) is 4.47. The average molecular weight is 257 g/mol. The molecule has 0 spiro atoms. The van der Waals surface area contributed by atoms with Gasteiger partial charge >= 0.3 is 0 Å². The predicted octanol–water partition coefficient (Wildman–Crippen LogP) is 2.89. The van der Waals surface area contributed by atoms with Crippen molar-refractivity contribution in [2.24, 2.45) is 0 Å². The van der Waals surface area contributed by atoms with Crippen molar-refractivity contribution in [3.05, 3.63) is 35.9 Å². The van der Waals surface area contributed by atoms with E-state index >= 15 is 0 Å². The number of piperidine rings is 1. The van der Waals surface area contributed by atoms with Gasteiger partial charge in [-0.1, -0.05) is 36.8 Å². The molecule has 1 aliphatic heterocycles. The van der Waals surface area contributed by atoms with Crippen LogP contribution in [0.4, 0.5) is 0 Å². The van der Waals surface area contributed by atoms with Gasteiger partial charge in [0.15, 0.2) is 0 Å². The van der Waals surface area contributed by atoms with Gasteiger partial charge in [-0.05, 0) is 32.3 Å². The quantitative estimate of drug-likeness (QED) is 0.901. The minimum Gasteiger partial charge on any atom is -0.238 e. The standard InChI is InChI=1S/C16H23N3/c1-13-7-6-8-14(2)19(13)18-16(12-17)11-15-9-4-3-5-10-15/h3-5,9-10,13-14,16,18H,6-8,11H2,1-2H3. The molecular formula is C16H23N3. The molecule has 0 radical (unpaired) electrons. The molecule has 0 aromatic heterocycles. The summed E-state index contributed by atoms with van der Waals surface area (Å²) in [6.07, 6.45) is 4.46. The van der Waals surface area contributed by atoms with Crippen LogP contribution >= 0.6 is 0 Å². The van der Waals surface area contributed by atoms with Crippen molar-refractivity contribution in [1.29, 1.82) is 5.26 Å². The van der Waals surface area contributed by atoms with Gasteiger partial charge < -0.3 is 0 Å². The Kier molecular flexibility index (Phi) is 4.95. The number of nitrogens with zero attached hydrogens (tertiary/aromatic N) is 2. The second kappa shape index (κ2) is 6.70. The first-order chi connectivity index (χ1) is 9.20. The van der Waals surface area contributed by atoms with Crippen molar-refractivity contribution >= 4 is 0 Å². The number of hydrogen-bond donors (Lipinski definition) is 1. The van der Waals surface area contributed by atoms with Gasteiger partial charge in [0.25, 0.3) is 0 Å². The van der Waals surface area contributed by atoms with Crippen molar-refractivity contribution in [2.45, 2.75) is 57.7 Å². The molecule has 2 rings (SSSR count). The third-order valence-electron chi connectivity index (χ3n) is 3.94. The molecule has 1 aromatic rings. The Morgan fingerprint density at radius 3 is 2.47 bits per heavy atom. The van der Waals surface area contributed by atoms with Crippen LogP contribution in [-0.4, -0.2) is 23.1 Å². The van der Waals surface area contributed by atoms with Crippen molar-refractivity contribution in [1.82, 2.24) is 10.4 Å². The first kappa shape index (κ1) is 14.0. The van der Waals surface area contributed by atoms with Crippen LogP contribution in [-0.2, 0) is 6.42 Å². The highest BCUT2D eigenvalue weighted by atomic mass is 15.5. The number of benzene rings is 1. The number of hydrazine groups is 1. The highest BCUT2D eigenvalue weighted by Gasteiger charge is 2.26. The lowest BCUT2D eigenvalue weighted by Gasteiger charge is -2.40. The maximum atomic E-state index is 9.35. The largest absolute Gasteiger partial charge is 0.238 e. The van der Waals surface area contributed by atoms with Gasteiger partial charge in [-0.25, -0.2) is 10.4 Å². The molecule has 3 nitrogen and oxygen atoms in total. The van der Waals surface area contributed by atoms with Crippen LogP contribution in [0.1, 0.15) is 38.7 Å². The lowest BCUT2D eigenvalue weighted by Crippen LogP contribution is -2.55. The zero-order chi connectivity index (χ0) is 13.7. The molecule has 1 aromatic carbocycles. The summed E-state index contributed by atoms with van der Waals surface area (Å²) in [5, 5.41) is 11.6. The minimum absolute atomic E-state index is 0.148. The molecule has 3 atom stereocenters. The lowest BCUT2D eigenvalue weighted by atomic mass is 9.99. The van der Waals surface area contributed by atoms with Crippen LogP contribution in [0.15, 0.2) is 30.3 Å². The molecule has 3 unspecified atom stereocenters. The van der Waals surface area contributed by atoms with E-state index in [2.05, 4.69) is 42.5 Å². The zero-order valence-electron chi connectivity index (χ0n) is 11.8. The van der Waals surface area contributed by atoms with Crippen molar-refractivity contribution < 1.29 is 0 Å². The molecule has 1 heterocycles. The molecule has 0 bridgehead atoms. The molecule has 19 heavy (non-hydrogen) atoms. The Morgan fingerprint density at radius 2 is 1.89 bits per heavy atom. The van der Waals surface area contributed by atoms with Gasteiger partial charge in [-0.3, -0.25) is 0 Å². The first-order valence-electron chi connectivity index (χ1n) is 7.18. The summed E-state index contributed by atoms with van der Waals surface area (Å²) in [5.41, 5.74) is 4.63. The lowest BCUT2D eigenvalue weighted by molar-refractivity contribution is 0.0377. The van der Waals surface area contributed by atoms with E-state index < -0.39 is 0 Å². The van der Waals surface area contributed by atoms with Crippen LogP contribution in [0.2, 0.25) is 0 Å². The summed E-state index contributed by atoms with van der Waals surface area (Å²) in [5.74, 6) is 0. The number of hydrogen-bond acceptors (Lipinski definition) is 3. The second-order valence-corrected chi connectivity index (χ2v) is 5.54. The van der Waals surface area contributed by atoms with Crippen molar-refractivity contribution in [3.8, 4) is 6.07 Å². The van der Waals surface area contributed by atoms with E-state index in [-0.39, 0.29) is 6.04 Å². The van der Waals surface area contributed by atoms with E-state index in [9.17, 15) is 5.26 Å². The fourth-order valence-corrected chi connectivity index (χ4v) is 2.83. The molecule has 1 saturated heterocycles. The van der Waals surface area contributed by atoms with Crippen molar-refractivity contribution in [3.63, 3.8) is 0 Å². The predicted molar refractivity (Wildman–Crippen MR) is 77.3 cm³/mol. The maximum absolute atomic E-state index is 9.35. The van der Waals surface area contributed by atoms with E-state index in [1.807, 2.05) is 18.2 Å².